The normalized spacial score (nSPS) is 11.8. The van der Waals surface area contributed by atoms with Crippen LogP contribution >= 0.6 is 15.9 Å². The smallest absolute Gasteiger partial charge is 0.243 e. The molecule has 120 valence electrons. The van der Waals surface area contributed by atoms with Crippen LogP contribution in [-0.2, 0) is 19.5 Å². The van der Waals surface area contributed by atoms with Crippen LogP contribution in [-0.4, -0.2) is 41.9 Å². The molecule has 0 aliphatic carbocycles. The summed E-state index contributed by atoms with van der Waals surface area (Å²) in [7, 11) is -2.22. The molecule has 0 amide bonds. The van der Waals surface area contributed by atoms with Gasteiger partial charge in [-0.3, -0.25) is 0 Å². The van der Waals surface area contributed by atoms with Gasteiger partial charge in [0.2, 0.25) is 10.0 Å². The number of sulfonamides is 1. The van der Waals surface area contributed by atoms with E-state index >= 15 is 0 Å². The second-order valence-electron chi connectivity index (χ2n) is 4.28. The van der Waals surface area contributed by atoms with E-state index in [9.17, 15) is 12.8 Å². The van der Waals surface area contributed by atoms with Crippen molar-refractivity contribution in [3.05, 3.63) is 28.5 Å². The summed E-state index contributed by atoms with van der Waals surface area (Å²) < 4.78 is 50.4. The molecule has 0 bridgehead atoms. The van der Waals surface area contributed by atoms with Gasteiger partial charge in [0.1, 0.15) is 10.7 Å². The Hall–Kier alpha value is -0.540. The van der Waals surface area contributed by atoms with Gasteiger partial charge >= 0.3 is 0 Å². The lowest BCUT2D eigenvalue weighted by molar-refractivity contribution is 0.0689. The van der Waals surface area contributed by atoms with Crippen LogP contribution in [0.3, 0.4) is 0 Å². The third-order valence-corrected chi connectivity index (χ3v) is 4.61. The molecule has 0 aliphatic heterocycles. The first-order valence-corrected chi connectivity index (χ1v) is 8.76. The number of hydrogen-bond donors (Lipinski definition) is 1. The number of unbranched alkanes of at least 4 members (excludes halogenated alkanes) is 1. The zero-order valence-corrected chi connectivity index (χ0v) is 14.2. The van der Waals surface area contributed by atoms with E-state index in [0.29, 0.717) is 30.7 Å². The van der Waals surface area contributed by atoms with E-state index in [1.807, 2.05) is 0 Å². The predicted octanol–water partition coefficient (Wildman–Crippen LogP) is 2.31. The zero-order valence-electron chi connectivity index (χ0n) is 11.8. The highest BCUT2D eigenvalue weighted by Crippen LogP contribution is 2.19. The Bertz CT molecular complexity index is 539. The maximum Gasteiger partial charge on any atom is 0.243 e. The molecule has 0 saturated carbocycles. The van der Waals surface area contributed by atoms with Gasteiger partial charge < -0.3 is 9.47 Å². The molecule has 5 nitrogen and oxygen atoms in total. The molecular formula is C13H19BrFNO4S. The quantitative estimate of drug-likeness (QED) is 0.629. The van der Waals surface area contributed by atoms with Crippen molar-refractivity contribution in [3.63, 3.8) is 0 Å². The van der Waals surface area contributed by atoms with Gasteiger partial charge in [-0.2, -0.15) is 0 Å². The highest BCUT2D eigenvalue weighted by atomic mass is 79.9. The number of methoxy groups -OCH3 is 1. The van der Waals surface area contributed by atoms with Crippen LogP contribution < -0.4 is 4.72 Å². The predicted molar refractivity (Wildman–Crippen MR) is 81.2 cm³/mol. The van der Waals surface area contributed by atoms with E-state index < -0.39 is 15.8 Å². The second kappa shape index (κ2) is 9.47. The van der Waals surface area contributed by atoms with Crippen LogP contribution in [0, 0.1) is 5.82 Å². The second-order valence-corrected chi connectivity index (χ2v) is 6.94. The maximum atomic E-state index is 13.6. The van der Waals surface area contributed by atoms with E-state index in [0.717, 1.165) is 12.5 Å². The lowest BCUT2D eigenvalue weighted by Gasteiger charge is -2.08. The molecule has 0 saturated heterocycles. The highest BCUT2D eigenvalue weighted by Gasteiger charge is 2.18. The van der Waals surface area contributed by atoms with Gasteiger partial charge in [0.25, 0.3) is 0 Å². The molecule has 0 fully saturated rings. The molecule has 0 aliphatic rings. The molecular weight excluding hydrogens is 365 g/mol. The number of ether oxygens (including phenoxy) is 2. The number of rotatable bonds is 10. The van der Waals surface area contributed by atoms with Crippen molar-refractivity contribution in [2.45, 2.75) is 17.7 Å². The van der Waals surface area contributed by atoms with Crippen molar-refractivity contribution in [1.82, 2.24) is 4.72 Å². The van der Waals surface area contributed by atoms with Gasteiger partial charge in [0, 0.05) is 24.7 Å². The summed E-state index contributed by atoms with van der Waals surface area (Å²) in [6.45, 7) is 1.84. The van der Waals surface area contributed by atoms with E-state index in [2.05, 4.69) is 20.7 Å². The Morgan fingerprint density at radius 1 is 1.24 bits per heavy atom. The third kappa shape index (κ3) is 6.84. The summed E-state index contributed by atoms with van der Waals surface area (Å²) >= 11 is 3.08. The first-order valence-electron chi connectivity index (χ1n) is 6.49. The Kier molecular flexibility index (Phi) is 8.35. The number of nitrogens with one attached hydrogen (secondary N) is 1. The summed E-state index contributed by atoms with van der Waals surface area (Å²) in [5.74, 6) is -0.778. The van der Waals surface area contributed by atoms with Crippen LogP contribution in [0.4, 0.5) is 4.39 Å². The topological polar surface area (TPSA) is 64.6 Å². The minimum Gasteiger partial charge on any atom is -0.382 e. The summed E-state index contributed by atoms with van der Waals surface area (Å²) in [5.41, 5.74) is 0. The summed E-state index contributed by atoms with van der Waals surface area (Å²) in [5, 5.41) is 0. The third-order valence-electron chi connectivity index (χ3n) is 2.62. The van der Waals surface area contributed by atoms with Crippen molar-refractivity contribution in [1.29, 1.82) is 0 Å². The number of benzene rings is 1. The largest absolute Gasteiger partial charge is 0.382 e. The molecule has 0 spiro atoms. The maximum absolute atomic E-state index is 13.6. The fraction of sp³-hybridized carbons (Fsp3) is 0.538. The van der Waals surface area contributed by atoms with E-state index in [-0.39, 0.29) is 11.4 Å². The zero-order chi connectivity index (χ0) is 15.7. The van der Waals surface area contributed by atoms with E-state index in [1.165, 1.54) is 12.1 Å². The molecule has 1 aromatic rings. The van der Waals surface area contributed by atoms with Gasteiger partial charge in [0.15, 0.2) is 0 Å². The van der Waals surface area contributed by atoms with Crippen molar-refractivity contribution >= 4 is 26.0 Å². The molecule has 1 N–H and O–H groups in total. The first-order chi connectivity index (χ1) is 9.97. The minimum absolute atomic E-state index is 0.242. The van der Waals surface area contributed by atoms with Gasteiger partial charge in [-0.05, 0) is 31.0 Å². The standard InChI is InChI=1S/C13H19BrFNO4S/c1-19-8-9-20-7-3-2-6-16-21(17,18)13-5-4-11(14)10-12(13)15/h4-5,10,16H,2-3,6-9H2,1H3. The van der Waals surface area contributed by atoms with Gasteiger partial charge in [-0.25, -0.2) is 17.5 Å². The van der Waals surface area contributed by atoms with Gasteiger partial charge in [0.05, 0.1) is 13.2 Å². The summed E-state index contributed by atoms with van der Waals surface area (Å²) in [6, 6.07) is 3.84. The van der Waals surface area contributed by atoms with E-state index in [1.54, 1.807) is 7.11 Å². The molecule has 1 aromatic carbocycles. The summed E-state index contributed by atoms with van der Waals surface area (Å²) in [6.07, 6.45) is 1.33. The monoisotopic (exact) mass is 383 g/mol. The number of hydrogen-bond acceptors (Lipinski definition) is 4. The van der Waals surface area contributed by atoms with Crippen LogP contribution in [0.1, 0.15) is 12.8 Å². The Labute approximate surface area is 133 Å². The molecule has 0 aromatic heterocycles. The molecule has 0 unspecified atom stereocenters. The van der Waals surface area contributed by atoms with Crippen LogP contribution in [0.2, 0.25) is 0 Å². The first kappa shape index (κ1) is 18.5. The van der Waals surface area contributed by atoms with Crippen LogP contribution in [0.25, 0.3) is 0 Å². The molecule has 0 atom stereocenters. The lowest BCUT2D eigenvalue weighted by Crippen LogP contribution is -2.25. The molecule has 21 heavy (non-hydrogen) atoms. The van der Waals surface area contributed by atoms with Crippen molar-refractivity contribution in [2.75, 3.05) is 33.5 Å². The van der Waals surface area contributed by atoms with Crippen molar-refractivity contribution in [3.8, 4) is 0 Å². The van der Waals surface area contributed by atoms with Crippen molar-refractivity contribution < 1.29 is 22.3 Å². The van der Waals surface area contributed by atoms with Gasteiger partial charge in [-0.1, -0.05) is 15.9 Å². The highest BCUT2D eigenvalue weighted by molar-refractivity contribution is 9.10. The lowest BCUT2D eigenvalue weighted by atomic mass is 10.3. The summed E-state index contributed by atoms with van der Waals surface area (Å²) in [4.78, 5) is -0.345. The van der Waals surface area contributed by atoms with Gasteiger partial charge in [-0.15, -0.1) is 0 Å². The molecule has 0 radical (unpaired) electrons. The fourth-order valence-corrected chi connectivity index (χ4v) is 3.02. The molecule has 8 heteroatoms. The number of halogens is 2. The Balaban J connectivity index is 2.33. The SMILES string of the molecule is COCCOCCCCNS(=O)(=O)c1ccc(Br)cc1F. The van der Waals surface area contributed by atoms with Crippen LogP contribution in [0.15, 0.2) is 27.6 Å². The van der Waals surface area contributed by atoms with E-state index in [4.69, 9.17) is 9.47 Å². The van der Waals surface area contributed by atoms with Crippen LogP contribution in [0.5, 0.6) is 0 Å². The average Bonchev–Trinajstić information content (AvgIpc) is 2.41. The molecule has 0 heterocycles. The van der Waals surface area contributed by atoms with Crippen molar-refractivity contribution in [2.24, 2.45) is 0 Å². The average molecular weight is 384 g/mol. The molecule has 1 rings (SSSR count). The Morgan fingerprint density at radius 3 is 2.67 bits per heavy atom. The minimum atomic E-state index is -3.82. The Morgan fingerprint density at radius 2 is 2.00 bits per heavy atom. The fourth-order valence-electron chi connectivity index (χ4n) is 1.55.